The molecule has 0 N–H and O–H groups in total. The van der Waals surface area contributed by atoms with Crippen molar-refractivity contribution in [2.75, 3.05) is 0 Å². The molecule has 0 spiro atoms. The first-order valence-corrected chi connectivity index (χ1v) is 4.96. The fourth-order valence-corrected chi connectivity index (χ4v) is 1.26. The van der Waals surface area contributed by atoms with Gasteiger partial charge >= 0.3 is 0 Å². The SMILES string of the molecule is CCC(=O)c1nnn(C)c1C(=O)C(C)C. The van der Waals surface area contributed by atoms with Crippen LogP contribution in [0.3, 0.4) is 0 Å². The van der Waals surface area contributed by atoms with Gasteiger partial charge in [-0.3, -0.25) is 9.59 Å². The van der Waals surface area contributed by atoms with Gasteiger partial charge in [0.2, 0.25) is 0 Å². The van der Waals surface area contributed by atoms with Gasteiger partial charge in [-0.2, -0.15) is 0 Å². The summed E-state index contributed by atoms with van der Waals surface area (Å²) in [6.45, 7) is 5.31. The molecule has 0 unspecified atom stereocenters. The normalized spacial score (nSPS) is 10.7. The summed E-state index contributed by atoms with van der Waals surface area (Å²) in [5.74, 6) is -0.406. The summed E-state index contributed by atoms with van der Waals surface area (Å²) in [5.41, 5.74) is 0.510. The molecule has 0 atom stereocenters. The molecule has 1 rings (SSSR count). The van der Waals surface area contributed by atoms with Crippen molar-refractivity contribution in [3.8, 4) is 0 Å². The third-order valence-corrected chi connectivity index (χ3v) is 2.17. The lowest BCUT2D eigenvalue weighted by Gasteiger charge is -2.04. The predicted octanol–water partition coefficient (Wildman–Crippen LogP) is 1.25. The predicted molar refractivity (Wildman–Crippen MR) is 54.8 cm³/mol. The van der Waals surface area contributed by atoms with E-state index in [1.165, 1.54) is 4.68 Å². The molecule has 0 bridgehead atoms. The van der Waals surface area contributed by atoms with Gasteiger partial charge in [-0.05, 0) is 0 Å². The molecule has 0 amide bonds. The molecule has 0 saturated heterocycles. The Labute approximate surface area is 88.5 Å². The van der Waals surface area contributed by atoms with E-state index in [2.05, 4.69) is 10.3 Å². The molecule has 82 valence electrons. The molecule has 5 nitrogen and oxygen atoms in total. The maximum atomic E-state index is 11.8. The summed E-state index contributed by atoms with van der Waals surface area (Å²) in [6.07, 6.45) is 0.330. The maximum Gasteiger partial charge on any atom is 0.185 e. The van der Waals surface area contributed by atoms with Crippen molar-refractivity contribution in [1.29, 1.82) is 0 Å². The number of ketones is 2. The van der Waals surface area contributed by atoms with Crippen LogP contribution in [-0.4, -0.2) is 26.6 Å². The molecular weight excluding hydrogens is 194 g/mol. The van der Waals surface area contributed by atoms with Crippen LogP contribution in [0.5, 0.6) is 0 Å². The Morgan fingerprint density at radius 3 is 2.47 bits per heavy atom. The van der Waals surface area contributed by atoms with Crippen LogP contribution in [0.25, 0.3) is 0 Å². The molecule has 0 aliphatic carbocycles. The number of carbonyl (C=O) groups is 2. The van der Waals surface area contributed by atoms with Gasteiger partial charge in [0.05, 0.1) is 0 Å². The number of nitrogens with zero attached hydrogens (tertiary/aromatic N) is 3. The first-order valence-electron chi connectivity index (χ1n) is 4.96. The van der Waals surface area contributed by atoms with Crippen LogP contribution in [0.2, 0.25) is 0 Å². The van der Waals surface area contributed by atoms with E-state index in [1.54, 1.807) is 27.8 Å². The highest BCUT2D eigenvalue weighted by Crippen LogP contribution is 2.12. The van der Waals surface area contributed by atoms with Crippen LogP contribution in [0.15, 0.2) is 0 Å². The summed E-state index contributed by atoms with van der Waals surface area (Å²) in [4.78, 5) is 23.3. The molecule has 0 aliphatic rings. The van der Waals surface area contributed by atoms with Gasteiger partial charge in [0, 0.05) is 19.4 Å². The zero-order valence-electron chi connectivity index (χ0n) is 9.44. The minimum atomic E-state index is -0.161. The molecule has 0 saturated carbocycles. The lowest BCUT2D eigenvalue weighted by atomic mass is 10.0. The molecule has 0 fully saturated rings. The summed E-state index contributed by atoms with van der Waals surface area (Å²) in [5, 5.41) is 7.45. The highest BCUT2D eigenvalue weighted by atomic mass is 16.1. The molecule has 15 heavy (non-hydrogen) atoms. The lowest BCUT2D eigenvalue weighted by molar-refractivity contribution is 0.0913. The molecular formula is C10H15N3O2. The van der Waals surface area contributed by atoms with Crippen molar-refractivity contribution in [3.05, 3.63) is 11.4 Å². The Morgan fingerprint density at radius 1 is 1.40 bits per heavy atom. The molecule has 1 heterocycles. The van der Waals surface area contributed by atoms with E-state index in [0.717, 1.165) is 0 Å². The quantitative estimate of drug-likeness (QED) is 0.700. The standard InChI is InChI=1S/C10H15N3O2/c1-5-7(14)8-9(10(15)6(2)3)13(4)12-11-8/h6H,5H2,1-4H3. The Balaban J connectivity index is 3.21. The largest absolute Gasteiger partial charge is 0.292 e. The smallest absolute Gasteiger partial charge is 0.185 e. The minimum Gasteiger partial charge on any atom is -0.292 e. The van der Waals surface area contributed by atoms with Gasteiger partial charge in [0.15, 0.2) is 17.3 Å². The molecule has 5 heteroatoms. The second kappa shape index (κ2) is 4.33. The Morgan fingerprint density at radius 2 is 2.00 bits per heavy atom. The van der Waals surface area contributed by atoms with Gasteiger partial charge < -0.3 is 0 Å². The van der Waals surface area contributed by atoms with Crippen LogP contribution in [0.1, 0.15) is 48.2 Å². The third kappa shape index (κ3) is 2.11. The average molecular weight is 209 g/mol. The summed E-state index contributed by atoms with van der Waals surface area (Å²) >= 11 is 0. The number of Topliss-reactive ketones (excluding diaryl/α,β-unsaturated/α-hetero) is 2. The topological polar surface area (TPSA) is 64.8 Å². The fraction of sp³-hybridized carbons (Fsp3) is 0.600. The van der Waals surface area contributed by atoms with Gasteiger partial charge in [0.1, 0.15) is 5.69 Å². The molecule has 0 aromatic carbocycles. The van der Waals surface area contributed by atoms with E-state index in [0.29, 0.717) is 12.1 Å². The fourth-order valence-electron chi connectivity index (χ4n) is 1.26. The third-order valence-electron chi connectivity index (χ3n) is 2.17. The highest BCUT2D eigenvalue weighted by molar-refractivity contribution is 6.06. The van der Waals surface area contributed by atoms with Crippen LogP contribution in [-0.2, 0) is 7.05 Å². The zero-order chi connectivity index (χ0) is 11.6. The number of aromatic nitrogens is 3. The number of carbonyl (C=O) groups excluding carboxylic acids is 2. The summed E-state index contributed by atoms with van der Waals surface area (Å²) in [7, 11) is 1.62. The van der Waals surface area contributed by atoms with Gasteiger partial charge in [-0.15, -0.1) is 5.10 Å². The Bertz CT molecular complexity index is 393. The number of hydrogen-bond donors (Lipinski definition) is 0. The second-order valence-electron chi connectivity index (χ2n) is 3.71. The molecule has 0 aliphatic heterocycles. The van der Waals surface area contributed by atoms with E-state index in [-0.39, 0.29) is 23.2 Å². The first-order chi connectivity index (χ1) is 6.99. The van der Waals surface area contributed by atoms with Crippen molar-refractivity contribution < 1.29 is 9.59 Å². The van der Waals surface area contributed by atoms with Crippen LogP contribution in [0.4, 0.5) is 0 Å². The van der Waals surface area contributed by atoms with E-state index in [9.17, 15) is 9.59 Å². The van der Waals surface area contributed by atoms with Crippen molar-refractivity contribution in [1.82, 2.24) is 15.0 Å². The highest BCUT2D eigenvalue weighted by Gasteiger charge is 2.24. The Kier molecular flexibility index (Phi) is 3.34. The first kappa shape index (κ1) is 11.6. The van der Waals surface area contributed by atoms with Crippen molar-refractivity contribution >= 4 is 11.6 Å². The Hall–Kier alpha value is -1.52. The van der Waals surface area contributed by atoms with Crippen LogP contribution >= 0.6 is 0 Å². The molecule has 1 aromatic rings. The van der Waals surface area contributed by atoms with E-state index in [4.69, 9.17) is 0 Å². The lowest BCUT2D eigenvalue weighted by Crippen LogP contribution is -2.16. The van der Waals surface area contributed by atoms with E-state index >= 15 is 0 Å². The van der Waals surface area contributed by atoms with E-state index < -0.39 is 0 Å². The zero-order valence-corrected chi connectivity index (χ0v) is 9.44. The second-order valence-corrected chi connectivity index (χ2v) is 3.71. The monoisotopic (exact) mass is 209 g/mol. The number of rotatable bonds is 4. The minimum absolute atomic E-state index is 0.0979. The average Bonchev–Trinajstić information content (AvgIpc) is 2.57. The summed E-state index contributed by atoms with van der Waals surface area (Å²) < 4.78 is 1.37. The number of aryl methyl sites for hydroxylation is 1. The van der Waals surface area contributed by atoms with Gasteiger partial charge in [-0.25, -0.2) is 4.68 Å². The van der Waals surface area contributed by atoms with Crippen LogP contribution in [0, 0.1) is 5.92 Å². The van der Waals surface area contributed by atoms with Crippen molar-refractivity contribution in [2.45, 2.75) is 27.2 Å². The summed E-state index contributed by atoms with van der Waals surface area (Å²) in [6, 6.07) is 0. The van der Waals surface area contributed by atoms with Crippen molar-refractivity contribution in [2.24, 2.45) is 13.0 Å². The maximum absolute atomic E-state index is 11.8. The number of hydrogen-bond acceptors (Lipinski definition) is 4. The van der Waals surface area contributed by atoms with Gasteiger partial charge in [-0.1, -0.05) is 26.0 Å². The van der Waals surface area contributed by atoms with Gasteiger partial charge in [0.25, 0.3) is 0 Å². The van der Waals surface area contributed by atoms with Crippen LogP contribution < -0.4 is 0 Å². The van der Waals surface area contributed by atoms with E-state index in [1.807, 2.05) is 0 Å². The molecule has 1 aromatic heterocycles. The van der Waals surface area contributed by atoms with Crippen molar-refractivity contribution in [3.63, 3.8) is 0 Å². The molecule has 0 radical (unpaired) electrons.